The lowest BCUT2D eigenvalue weighted by molar-refractivity contribution is -0.147. The van der Waals surface area contributed by atoms with Gasteiger partial charge in [0.1, 0.15) is 12.7 Å². The Hall–Kier alpha value is -0.610. The molecule has 1 aliphatic rings. The number of ether oxygens (including phenoxy) is 1. The summed E-state index contributed by atoms with van der Waals surface area (Å²) in [7, 11) is 0. The Morgan fingerprint density at radius 2 is 1.46 bits per heavy atom. The quantitative estimate of drug-likeness (QED) is 0.263. The van der Waals surface area contributed by atoms with E-state index in [1.54, 1.807) is 0 Å². The Bertz CT molecular complexity index is 345. The first kappa shape index (κ1) is 23.4. The van der Waals surface area contributed by atoms with Crippen molar-refractivity contribution in [1.29, 1.82) is 0 Å². The largest absolute Gasteiger partial charge is 0.463 e. The van der Waals surface area contributed by atoms with Crippen molar-refractivity contribution in [3.8, 4) is 0 Å². The van der Waals surface area contributed by atoms with Gasteiger partial charge in [0.05, 0.1) is 6.61 Å². The molecule has 0 aromatic rings. The van der Waals surface area contributed by atoms with Crippen LogP contribution in [0.25, 0.3) is 0 Å². The van der Waals surface area contributed by atoms with E-state index in [1.807, 2.05) is 0 Å². The van der Waals surface area contributed by atoms with E-state index in [9.17, 15) is 4.79 Å². The van der Waals surface area contributed by atoms with Crippen LogP contribution in [-0.2, 0) is 9.53 Å². The molecule has 0 aromatic carbocycles. The molecule has 0 spiro atoms. The first-order chi connectivity index (χ1) is 12.7. The predicted octanol–water partition coefficient (Wildman–Crippen LogP) is 5.00. The summed E-state index contributed by atoms with van der Waals surface area (Å²) >= 11 is 0. The van der Waals surface area contributed by atoms with Crippen LogP contribution in [0, 0.1) is 11.8 Å². The second-order valence-electron chi connectivity index (χ2n) is 8.14. The minimum atomic E-state index is -0.953. The monoisotopic (exact) mass is 370 g/mol. The van der Waals surface area contributed by atoms with E-state index in [-0.39, 0.29) is 19.2 Å². The van der Waals surface area contributed by atoms with Crippen molar-refractivity contribution in [2.24, 2.45) is 11.8 Å². The molecule has 26 heavy (non-hydrogen) atoms. The molecule has 1 fully saturated rings. The molecule has 0 radical (unpaired) electrons. The second-order valence-corrected chi connectivity index (χ2v) is 8.14. The Balaban J connectivity index is 1.79. The maximum atomic E-state index is 11.4. The fourth-order valence-corrected chi connectivity index (χ4v) is 3.72. The first-order valence-electron chi connectivity index (χ1n) is 11.1. The van der Waals surface area contributed by atoms with Crippen LogP contribution >= 0.6 is 0 Å². The Labute approximate surface area is 160 Å². The molecule has 0 aromatic heterocycles. The van der Waals surface area contributed by atoms with E-state index in [2.05, 4.69) is 6.92 Å². The molecule has 1 aliphatic carbocycles. The number of carbonyl (C=O) groups is 1. The highest BCUT2D eigenvalue weighted by Gasteiger charge is 2.34. The average Bonchev–Trinajstić information content (AvgIpc) is 3.39. The van der Waals surface area contributed by atoms with Gasteiger partial charge >= 0.3 is 5.97 Å². The van der Waals surface area contributed by atoms with Crippen LogP contribution in [0.5, 0.6) is 0 Å². The number of aliphatic hydroxyl groups is 2. The third-order valence-corrected chi connectivity index (χ3v) is 5.60. The minimum Gasteiger partial charge on any atom is -0.463 e. The normalized spacial score (nSPS) is 20.1. The Morgan fingerprint density at radius 1 is 0.923 bits per heavy atom. The second kappa shape index (κ2) is 15.4. The summed E-state index contributed by atoms with van der Waals surface area (Å²) in [5, 5.41) is 17.8. The number of hydrogen-bond donors (Lipinski definition) is 2. The van der Waals surface area contributed by atoms with Gasteiger partial charge in [-0.1, -0.05) is 84.0 Å². The van der Waals surface area contributed by atoms with Gasteiger partial charge in [0, 0.05) is 6.42 Å². The molecule has 1 rings (SSSR count). The van der Waals surface area contributed by atoms with Gasteiger partial charge in [-0.25, -0.2) is 0 Å². The van der Waals surface area contributed by atoms with Crippen molar-refractivity contribution in [3.05, 3.63) is 0 Å². The van der Waals surface area contributed by atoms with E-state index in [1.165, 1.54) is 77.0 Å². The lowest BCUT2D eigenvalue weighted by atomic mass is 10.0. The first-order valence-corrected chi connectivity index (χ1v) is 11.1. The Morgan fingerprint density at radius 3 is 2.04 bits per heavy atom. The molecule has 0 aliphatic heterocycles. The molecule has 0 saturated heterocycles. The van der Waals surface area contributed by atoms with E-state index in [0.717, 1.165) is 24.7 Å². The number of aliphatic hydroxyl groups excluding tert-OH is 2. The van der Waals surface area contributed by atoms with Crippen molar-refractivity contribution in [2.75, 3.05) is 13.2 Å². The van der Waals surface area contributed by atoms with Gasteiger partial charge in [0.15, 0.2) is 0 Å². The van der Waals surface area contributed by atoms with Gasteiger partial charge < -0.3 is 14.9 Å². The summed E-state index contributed by atoms with van der Waals surface area (Å²) in [4.78, 5) is 11.4. The SMILES string of the molecule is CCCCCCCCC1CC1CCCCCCCC(=O)OCC(O)CO. The molecule has 1 saturated carbocycles. The van der Waals surface area contributed by atoms with Crippen molar-refractivity contribution in [2.45, 2.75) is 109 Å². The van der Waals surface area contributed by atoms with Crippen molar-refractivity contribution < 1.29 is 19.7 Å². The van der Waals surface area contributed by atoms with Crippen LogP contribution in [0.4, 0.5) is 0 Å². The topological polar surface area (TPSA) is 66.8 Å². The summed E-state index contributed by atoms with van der Waals surface area (Å²) in [5.74, 6) is 1.77. The van der Waals surface area contributed by atoms with Crippen LogP contribution in [-0.4, -0.2) is 35.5 Å². The summed E-state index contributed by atoms with van der Waals surface area (Å²) in [6.07, 6.45) is 18.0. The number of unbranched alkanes of at least 4 members (excludes halogenated alkanes) is 9. The molecule has 154 valence electrons. The summed E-state index contributed by atoms with van der Waals surface area (Å²) in [6, 6.07) is 0. The average molecular weight is 371 g/mol. The maximum absolute atomic E-state index is 11.4. The Kier molecular flexibility index (Phi) is 13.9. The fraction of sp³-hybridized carbons (Fsp3) is 0.955. The zero-order valence-corrected chi connectivity index (χ0v) is 17.0. The molecule has 4 heteroatoms. The highest BCUT2D eigenvalue weighted by molar-refractivity contribution is 5.69. The van der Waals surface area contributed by atoms with Gasteiger partial charge in [-0.3, -0.25) is 4.79 Å². The maximum Gasteiger partial charge on any atom is 0.305 e. The predicted molar refractivity (Wildman–Crippen MR) is 106 cm³/mol. The highest BCUT2D eigenvalue weighted by atomic mass is 16.5. The van der Waals surface area contributed by atoms with Crippen LogP contribution in [0.15, 0.2) is 0 Å². The summed E-state index contributed by atoms with van der Waals surface area (Å²) in [5.41, 5.74) is 0. The molecule has 0 amide bonds. The van der Waals surface area contributed by atoms with Crippen LogP contribution in [0.3, 0.4) is 0 Å². The molecule has 3 unspecified atom stereocenters. The number of esters is 1. The molecule has 4 nitrogen and oxygen atoms in total. The van der Waals surface area contributed by atoms with Gasteiger partial charge in [-0.05, 0) is 24.7 Å². The van der Waals surface area contributed by atoms with Gasteiger partial charge in [-0.15, -0.1) is 0 Å². The lowest BCUT2D eigenvalue weighted by Crippen LogP contribution is -2.21. The van der Waals surface area contributed by atoms with E-state index >= 15 is 0 Å². The zero-order chi connectivity index (χ0) is 19.0. The van der Waals surface area contributed by atoms with Crippen LogP contribution in [0.2, 0.25) is 0 Å². The van der Waals surface area contributed by atoms with Gasteiger partial charge in [0.2, 0.25) is 0 Å². The number of rotatable bonds is 18. The summed E-state index contributed by atoms with van der Waals surface area (Å²) in [6.45, 7) is 1.81. The number of hydrogen-bond acceptors (Lipinski definition) is 4. The van der Waals surface area contributed by atoms with E-state index in [4.69, 9.17) is 14.9 Å². The molecule has 2 N–H and O–H groups in total. The molecule has 0 heterocycles. The van der Waals surface area contributed by atoms with Crippen LogP contribution in [0.1, 0.15) is 103 Å². The van der Waals surface area contributed by atoms with Crippen molar-refractivity contribution in [1.82, 2.24) is 0 Å². The minimum absolute atomic E-state index is 0.101. The van der Waals surface area contributed by atoms with E-state index < -0.39 is 6.10 Å². The molecule has 3 atom stereocenters. The van der Waals surface area contributed by atoms with Crippen molar-refractivity contribution in [3.63, 3.8) is 0 Å². The highest BCUT2D eigenvalue weighted by Crippen LogP contribution is 2.45. The third kappa shape index (κ3) is 12.7. The zero-order valence-electron chi connectivity index (χ0n) is 17.0. The summed E-state index contributed by atoms with van der Waals surface area (Å²) < 4.78 is 4.88. The lowest BCUT2D eigenvalue weighted by Gasteiger charge is -2.08. The van der Waals surface area contributed by atoms with Gasteiger partial charge in [0.25, 0.3) is 0 Å². The van der Waals surface area contributed by atoms with Gasteiger partial charge in [-0.2, -0.15) is 0 Å². The van der Waals surface area contributed by atoms with Crippen molar-refractivity contribution >= 4 is 5.97 Å². The number of carbonyl (C=O) groups excluding carboxylic acids is 1. The third-order valence-electron chi connectivity index (χ3n) is 5.60. The molecular weight excluding hydrogens is 328 g/mol. The van der Waals surface area contributed by atoms with E-state index in [0.29, 0.717) is 6.42 Å². The molecule has 0 bridgehead atoms. The fourth-order valence-electron chi connectivity index (χ4n) is 3.72. The van der Waals surface area contributed by atoms with Crippen LogP contribution < -0.4 is 0 Å². The smallest absolute Gasteiger partial charge is 0.305 e. The standard InChI is InChI=1S/C22H42O4/c1-2-3-4-5-7-10-13-19-16-20(19)14-11-8-6-9-12-15-22(25)26-18-21(24)17-23/h19-21,23-24H,2-18H2,1H3. The molecular formula is C22H42O4.